The summed E-state index contributed by atoms with van der Waals surface area (Å²) in [5.74, 6) is 1.45. The van der Waals surface area contributed by atoms with Crippen LogP contribution in [-0.2, 0) is 11.2 Å². The van der Waals surface area contributed by atoms with E-state index in [1.165, 1.54) is 0 Å². The zero-order valence-electron chi connectivity index (χ0n) is 11.1. The van der Waals surface area contributed by atoms with Crippen molar-refractivity contribution in [3.8, 4) is 0 Å². The van der Waals surface area contributed by atoms with E-state index in [-0.39, 0.29) is 18.4 Å². The summed E-state index contributed by atoms with van der Waals surface area (Å²) < 4.78 is 5.07. The fraction of sp³-hybridized carbons (Fsp3) is 0.750. The second-order valence-electron chi connectivity index (χ2n) is 4.71. The topological polar surface area (TPSA) is 88.2 Å². The van der Waals surface area contributed by atoms with Gasteiger partial charge in [0.05, 0.1) is 6.10 Å². The van der Waals surface area contributed by atoms with Gasteiger partial charge in [0, 0.05) is 25.3 Å². The van der Waals surface area contributed by atoms with Gasteiger partial charge in [0.2, 0.25) is 11.8 Å². The lowest BCUT2D eigenvalue weighted by Gasteiger charge is -2.05. The van der Waals surface area contributed by atoms with E-state index >= 15 is 0 Å². The lowest BCUT2D eigenvalue weighted by atomic mass is 10.2. The Morgan fingerprint density at radius 3 is 2.72 bits per heavy atom. The number of nitrogens with zero attached hydrogens (tertiary/aromatic N) is 2. The van der Waals surface area contributed by atoms with Gasteiger partial charge in [-0.1, -0.05) is 19.0 Å². The molecular weight excluding hydrogens is 234 g/mol. The van der Waals surface area contributed by atoms with Crippen molar-refractivity contribution in [1.29, 1.82) is 0 Å². The second kappa shape index (κ2) is 7.10. The van der Waals surface area contributed by atoms with Crippen LogP contribution in [0.5, 0.6) is 0 Å². The number of carbonyl (C=O) groups is 1. The van der Waals surface area contributed by atoms with Crippen molar-refractivity contribution in [1.82, 2.24) is 15.5 Å². The van der Waals surface area contributed by atoms with Crippen LogP contribution in [0.15, 0.2) is 4.52 Å². The SMILES string of the molecule is CC(O)CNC(=O)CCCc1nc(C(C)C)no1. The number of carbonyl (C=O) groups excluding carboxylic acids is 1. The van der Waals surface area contributed by atoms with Crippen LogP contribution in [0.4, 0.5) is 0 Å². The number of hydrogen-bond acceptors (Lipinski definition) is 5. The molecule has 18 heavy (non-hydrogen) atoms. The molecule has 0 aliphatic heterocycles. The van der Waals surface area contributed by atoms with Crippen molar-refractivity contribution in [2.45, 2.75) is 52.1 Å². The highest BCUT2D eigenvalue weighted by atomic mass is 16.5. The summed E-state index contributed by atoms with van der Waals surface area (Å²) in [6.45, 7) is 5.92. The number of hydrogen-bond donors (Lipinski definition) is 2. The number of aromatic nitrogens is 2. The van der Waals surface area contributed by atoms with E-state index in [0.29, 0.717) is 31.0 Å². The quantitative estimate of drug-likeness (QED) is 0.759. The molecule has 1 amide bonds. The number of aliphatic hydroxyl groups is 1. The fourth-order valence-corrected chi connectivity index (χ4v) is 1.35. The van der Waals surface area contributed by atoms with Crippen LogP contribution in [0.2, 0.25) is 0 Å². The van der Waals surface area contributed by atoms with E-state index in [9.17, 15) is 4.79 Å². The highest BCUT2D eigenvalue weighted by Gasteiger charge is 2.10. The first kappa shape index (κ1) is 14.6. The number of rotatable bonds is 7. The predicted octanol–water partition coefficient (Wildman–Crippen LogP) is 1.01. The van der Waals surface area contributed by atoms with E-state index in [1.807, 2.05) is 13.8 Å². The van der Waals surface area contributed by atoms with Crippen molar-refractivity contribution in [3.05, 3.63) is 11.7 Å². The summed E-state index contributed by atoms with van der Waals surface area (Å²) in [6, 6.07) is 0. The minimum atomic E-state index is -0.515. The molecule has 6 nitrogen and oxygen atoms in total. The average molecular weight is 255 g/mol. The molecule has 0 saturated heterocycles. The first-order chi connectivity index (χ1) is 8.49. The van der Waals surface area contributed by atoms with E-state index in [0.717, 1.165) is 0 Å². The molecule has 0 bridgehead atoms. The molecule has 102 valence electrons. The van der Waals surface area contributed by atoms with E-state index in [1.54, 1.807) is 6.92 Å². The van der Waals surface area contributed by atoms with Gasteiger partial charge in [-0.2, -0.15) is 4.98 Å². The number of nitrogens with one attached hydrogen (secondary N) is 1. The molecule has 0 spiro atoms. The summed E-state index contributed by atoms with van der Waals surface area (Å²) in [5.41, 5.74) is 0. The predicted molar refractivity (Wildman–Crippen MR) is 66.0 cm³/mol. The maximum atomic E-state index is 11.4. The molecule has 0 aliphatic rings. The minimum Gasteiger partial charge on any atom is -0.392 e. The molecule has 1 unspecified atom stereocenters. The lowest BCUT2D eigenvalue weighted by molar-refractivity contribution is -0.121. The van der Waals surface area contributed by atoms with Gasteiger partial charge in [-0.05, 0) is 13.3 Å². The van der Waals surface area contributed by atoms with Gasteiger partial charge in [-0.25, -0.2) is 0 Å². The molecule has 2 N–H and O–H groups in total. The Morgan fingerprint density at radius 1 is 1.44 bits per heavy atom. The lowest BCUT2D eigenvalue weighted by Crippen LogP contribution is -2.30. The third-order valence-electron chi connectivity index (χ3n) is 2.39. The normalized spacial score (nSPS) is 12.7. The zero-order chi connectivity index (χ0) is 13.5. The van der Waals surface area contributed by atoms with Crippen LogP contribution in [0, 0.1) is 0 Å². The minimum absolute atomic E-state index is 0.0699. The van der Waals surface area contributed by atoms with Gasteiger partial charge in [0.15, 0.2) is 5.82 Å². The molecule has 1 atom stereocenters. The van der Waals surface area contributed by atoms with E-state index in [2.05, 4.69) is 15.5 Å². The Bertz CT molecular complexity index is 374. The van der Waals surface area contributed by atoms with Crippen LogP contribution >= 0.6 is 0 Å². The fourth-order valence-electron chi connectivity index (χ4n) is 1.35. The van der Waals surface area contributed by atoms with Crippen LogP contribution in [0.1, 0.15) is 51.2 Å². The van der Waals surface area contributed by atoms with Crippen LogP contribution in [0.3, 0.4) is 0 Å². The number of amides is 1. The molecule has 0 radical (unpaired) electrons. The molecule has 6 heteroatoms. The maximum absolute atomic E-state index is 11.4. The van der Waals surface area contributed by atoms with Gasteiger partial charge < -0.3 is 14.9 Å². The van der Waals surface area contributed by atoms with Gasteiger partial charge in [0.25, 0.3) is 0 Å². The zero-order valence-corrected chi connectivity index (χ0v) is 11.1. The molecule has 1 rings (SSSR count). The molecule has 1 heterocycles. The van der Waals surface area contributed by atoms with Crippen molar-refractivity contribution in [2.24, 2.45) is 0 Å². The summed E-state index contributed by atoms with van der Waals surface area (Å²) in [5, 5.41) is 15.5. The van der Waals surface area contributed by atoms with E-state index < -0.39 is 6.10 Å². The Morgan fingerprint density at radius 2 is 2.17 bits per heavy atom. The largest absolute Gasteiger partial charge is 0.392 e. The van der Waals surface area contributed by atoms with Crippen molar-refractivity contribution < 1.29 is 14.4 Å². The molecule has 0 fully saturated rings. The first-order valence-electron chi connectivity index (χ1n) is 6.26. The highest BCUT2D eigenvalue weighted by Crippen LogP contribution is 2.11. The van der Waals surface area contributed by atoms with Crippen LogP contribution in [0.25, 0.3) is 0 Å². The molecule has 1 aromatic rings. The van der Waals surface area contributed by atoms with Crippen molar-refractivity contribution in [2.75, 3.05) is 6.54 Å². The summed E-state index contributed by atoms with van der Waals surface area (Å²) in [6.07, 6.45) is 1.14. The molecule has 0 saturated carbocycles. The Labute approximate surface area is 107 Å². The smallest absolute Gasteiger partial charge is 0.226 e. The number of aryl methyl sites for hydroxylation is 1. The van der Waals surface area contributed by atoms with Gasteiger partial charge >= 0.3 is 0 Å². The Hall–Kier alpha value is -1.43. The maximum Gasteiger partial charge on any atom is 0.226 e. The summed E-state index contributed by atoms with van der Waals surface area (Å²) >= 11 is 0. The summed E-state index contributed by atoms with van der Waals surface area (Å²) in [7, 11) is 0. The van der Waals surface area contributed by atoms with Crippen LogP contribution < -0.4 is 5.32 Å². The summed E-state index contributed by atoms with van der Waals surface area (Å²) in [4.78, 5) is 15.6. The van der Waals surface area contributed by atoms with Crippen molar-refractivity contribution in [3.63, 3.8) is 0 Å². The Kier molecular flexibility index (Phi) is 5.77. The molecular formula is C12H21N3O3. The average Bonchev–Trinajstić information content (AvgIpc) is 2.75. The van der Waals surface area contributed by atoms with E-state index in [4.69, 9.17) is 9.63 Å². The van der Waals surface area contributed by atoms with Gasteiger partial charge in [-0.15, -0.1) is 0 Å². The molecule has 1 aromatic heterocycles. The third-order valence-corrected chi connectivity index (χ3v) is 2.39. The third kappa shape index (κ3) is 5.27. The van der Waals surface area contributed by atoms with Crippen molar-refractivity contribution >= 4 is 5.91 Å². The molecule has 0 aliphatic carbocycles. The Balaban J connectivity index is 2.22. The number of aliphatic hydroxyl groups excluding tert-OH is 1. The van der Waals surface area contributed by atoms with Crippen LogP contribution in [-0.4, -0.2) is 33.8 Å². The van der Waals surface area contributed by atoms with Gasteiger partial charge in [0.1, 0.15) is 0 Å². The highest BCUT2D eigenvalue weighted by molar-refractivity contribution is 5.75. The monoisotopic (exact) mass is 255 g/mol. The standard InChI is InChI=1S/C12H21N3O3/c1-8(2)12-14-11(18-15-12)6-4-5-10(17)13-7-9(3)16/h8-9,16H,4-7H2,1-3H3,(H,13,17). The first-order valence-corrected chi connectivity index (χ1v) is 6.26. The second-order valence-corrected chi connectivity index (χ2v) is 4.71. The molecule has 0 aromatic carbocycles. The van der Waals surface area contributed by atoms with Gasteiger partial charge in [-0.3, -0.25) is 4.79 Å².